The first-order valence-corrected chi connectivity index (χ1v) is 8.83. The van der Waals surface area contributed by atoms with Crippen LogP contribution in [0.2, 0.25) is 0 Å². The lowest BCUT2D eigenvalue weighted by atomic mass is 10.1. The van der Waals surface area contributed by atoms with E-state index in [1.54, 1.807) is 16.9 Å². The standard InChI is InChI=1S/C19H28N2O5/c1-15-4-5-17(12-16(15)2)26-14-19(23)21-8-6-20(7-9-21)18(22)13-25-11-10-24-3/h4-5,12H,6-11,13-14H2,1-3H3. The molecular weight excluding hydrogens is 336 g/mol. The van der Waals surface area contributed by atoms with Crippen molar-refractivity contribution < 1.29 is 23.8 Å². The summed E-state index contributed by atoms with van der Waals surface area (Å²) in [5, 5.41) is 0. The predicted molar refractivity (Wildman–Crippen MR) is 97.3 cm³/mol. The molecule has 0 saturated carbocycles. The van der Waals surface area contributed by atoms with Gasteiger partial charge >= 0.3 is 0 Å². The molecule has 1 saturated heterocycles. The maximum absolute atomic E-state index is 12.3. The summed E-state index contributed by atoms with van der Waals surface area (Å²) in [6.07, 6.45) is 0. The van der Waals surface area contributed by atoms with Crippen LogP contribution in [-0.4, -0.2) is 81.3 Å². The summed E-state index contributed by atoms with van der Waals surface area (Å²) in [6.45, 7) is 7.03. The molecule has 1 fully saturated rings. The molecule has 0 N–H and O–H groups in total. The van der Waals surface area contributed by atoms with Crippen molar-refractivity contribution in [3.05, 3.63) is 29.3 Å². The van der Waals surface area contributed by atoms with E-state index in [-0.39, 0.29) is 25.0 Å². The van der Waals surface area contributed by atoms with Gasteiger partial charge in [-0.1, -0.05) is 6.07 Å². The molecule has 1 aromatic rings. The molecule has 1 aliphatic rings. The van der Waals surface area contributed by atoms with E-state index in [0.717, 1.165) is 5.56 Å². The third-order valence-corrected chi connectivity index (χ3v) is 4.48. The van der Waals surface area contributed by atoms with E-state index < -0.39 is 0 Å². The zero-order valence-corrected chi connectivity index (χ0v) is 15.8. The summed E-state index contributed by atoms with van der Waals surface area (Å²) < 4.78 is 15.7. The van der Waals surface area contributed by atoms with Crippen LogP contribution in [0.1, 0.15) is 11.1 Å². The van der Waals surface area contributed by atoms with Crippen LogP contribution in [0.3, 0.4) is 0 Å². The molecule has 0 aliphatic carbocycles. The number of amides is 2. The van der Waals surface area contributed by atoms with Crippen molar-refractivity contribution in [1.29, 1.82) is 0 Å². The average Bonchev–Trinajstić information content (AvgIpc) is 2.66. The van der Waals surface area contributed by atoms with E-state index in [1.807, 2.05) is 32.0 Å². The van der Waals surface area contributed by atoms with Crippen molar-refractivity contribution in [2.75, 3.05) is 59.7 Å². The van der Waals surface area contributed by atoms with E-state index in [9.17, 15) is 9.59 Å². The normalized spacial score (nSPS) is 14.4. The maximum atomic E-state index is 12.3. The molecule has 0 bridgehead atoms. The van der Waals surface area contributed by atoms with E-state index in [1.165, 1.54) is 5.56 Å². The second-order valence-electron chi connectivity index (χ2n) is 6.34. The molecule has 2 rings (SSSR count). The minimum atomic E-state index is -0.0633. The molecule has 1 aromatic carbocycles. The third-order valence-electron chi connectivity index (χ3n) is 4.48. The van der Waals surface area contributed by atoms with Gasteiger partial charge in [0.1, 0.15) is 12.4 Å². The van der Waals surface area contributed by atoms with Crippen molar-refractivity contribution in [1.82, 2.24) is 9.80 Å². The first kappa shape index (κ1) is 20.2. The lowest BCUT2D eigenvalue weighted by molar-refractivity contribution is -0.143. The summed E-state index contributed by atoms with van der Waals surface area (Å²) in [7, 11) is 1.59. The lowest BCUT2D eigenvalue weighted by Gasteiger charge is -2.34. The fourth-order valence-electron chi connectivity index (χ4n) is 2.64. The number of carbonyl (C=O) groups excluding carboxylic acids is 2. The van der Waals surface area contributed by atoms with E-state index in [2.05, 4.69) is 0 Å². The van der Waals surface area contributed by atoms with Gasteiger partial charge in [-0.05, 0) is 37.1 Å². The van der Waals surface area contributed by atoms with Crippen molar-refractivity contribution in [2.45, 2.75) is 13.8 Å². The SMILES string of the molecule is COCCOCC(=O)N1CCN(C(=O)COc2ccc(C)c(C)c2)CC1. The summed E-state index contributed by atoms with van der Waals surface area (Å²) >= 11 is 0. The molecule has 2 amide bonds. The quantitative estimate of drug-likeness (QED) is 0.644. The fraction of sp³-hybridized carbons (Fsp3) is 0.579. The summed E-state index contributed by atoms with van der Waals surface area (Å²) in [5.41, 5.74) is 2.32. The zero-order chi connectivity index (χ0) is 18.9. The topological polar surface area (TPSA) is 68.3 Å². The Hall–Kier alpha value is -2.12. The van der Waals surface area contributed by atoms with E-state index >= 15 is 0 Å². The molecule has 7 nitrogen and oxygen atoms in total. The van der Waals surface area contributed by atoms with Crippen LogP contribution in [0.4, 0.5) is 0 Å². The molecule has 1 heterocycles. The second kappa shape index (κ2) is 10.1. The molecule has 7 heteroatoms. The summed E-state index contributed by atoms with van der Waals surface area (Å²) in [4.78, 5) is 27.8. The largest absolute Gasteiger partial charge is 0.484 e. The first-order chi connectivity index (χ1) is 12.5. The van der Waals surface area contributed by atoms with E-state index in [0.29, 0.717) is 45.1 Å². The Labute approximate surface area is 154 Å². The van der Waals surface area contributed by atoms with Crippen LogP contribution in [0.5, 0.6) is 5.75 Å². The minimum absolute atomic E-state index is 0.0105. The highest BCUT2D eigenvalue weighted by Gasteiger charge is 2.24. The smallest absolute Gasteiger partial charge is 0.260 e. The van der Waals surface area contributed by atoms with Crippen LogP contribution in [0, 0.1) is 13.8 Å². The highest BCUT2D eigenvalue weighted by Crippen LogP contribution is 2.16. The number of hydrogen-bond donors (Lipinski definition) is 0. The first-order valence-electron chi connectivity index (χ1n) is 8.83. The van der Waals surface area contributed by atoms with E-state index in [4.69, 9.17) is 14.2 Å². The van der Waals surface area contributed by atoms with Gasteiger partial charge in [0.2, 0.25) is 5.91 Å². The Morgan fingerprint density at radius 1 is 0.923 bits per heavy atom. The van der Waals surface area contributed by atoms with Gasteiger partial charge < -0.3 is 24.0 Å². The number of benzene rings is 1. The molecule has 144 valence electrons. The highest BCUT2D eigenvalue weighted by molar-refractivity contribution is 5.79. The van der Waals surface area contributed by atoms with Crippen molar-refractivity contribution in [2.24, 2.45) is 0 Å². The molecule has 0 atom stereocenters. The molecule has 0 radical (unpaired) electrons. The van der Waals surface area contributed by atoms with Gasteiger partial charge in [0.25, 0.3) is 5.91 Å². The second-order valence-corrected chi connectivity index (χ2v) is 6.34. The molecular formula is C19H28N2O5. The highest BCUT2D eigenvalue weighted by atomic mass is 16.5. The summed E-state index contributed by atoms with van der Waals surface area (Å²) in [6, 6.07) is 5.78. The Morgan fingerprint density at radius 2 is 1.54 bits per heavy atom. The fourth-order valence-corrected chi connectivity index (χ4v) is 2.64. The average molecular weight is 364 g/mol. The number of hydrogen-bond acceptors (Lipinski definition) is 5. The van der Waals surface area contributed by atoms with Crippen LogP contribution < -0.4 is 4.74 Å². The minimum Gasteiger partial charge on any atom is -0.484 e. The molecule has 0 spiro atoms. The number of rotatable bonds is 8. The van der Waals surface area contributed by atoms with Crippen molar-refractivity contribution in [3.8, 4) is 5.75 Å². The number of aryl methyl sites for hydroxylation is 2. The van der Waals surface area contributed by atoms with Gasteiger partial charge in [-0.2, -0.15) is 0 Å². The van der Waals surface area contributed by atoms with Gasteiger partial charge in [-0.25, -0.2) is 0 Å². The molecule has 0 aromatic heterocycles. The van der Waals surface area contributed by atoms with Crippen LogP contribution in [0.15, 0.2) is 18.2 Å². The maximum Gasteiger partial charge on any atom is 0.260 e. The van der Waals surface area contributed by atoms with Gasteiger partial charge in [0.15, 0.2) is 6.61 Å². The number of nitrogens with zero attached hydrogens (tertiary/aromatic N) is 2. The molecule has 26 heavy (non-hydrogen) atoms. The number of piperazine rings is 1. The Bertz CT molecular complexity index is 612. The van der Waals surface area contributed by atoms with Gasteiger partial charge in [0, 0.05) is 33.3 Å². The zero-order valence-electron chi connectivity index (χ0n) is 15.8. The number of methoxy groups -OCH3 is 1. The van der Waals surface area contributed by atoms with Crippen LogP contribution in [-0.2, 0) is 19.1 Å². The number of ether oxygens (including phenoxy) is 3. The third kappa shape index (κ3) is 6.00. The van der Waals surface area contributed by atoms with Gasteiger partial charge in [-0.3, -0.25) is 9.59 Å². The van der Waals surface area contributed by atoms with Gasteiger partial charge in [0.05, 0.1) is 13.2 Å². The van der Waals surface area contributed by atoms with Crippen molar-refractivity contribution >= 4 is 11.8 Å². The van der Waals surface area contributed by atoms with Crippen LogP contribution in [0.25, 0.3) is 0 Å². The monoisotopic (exact) mass is 364 g/mol. The Kier molecular flexibility index (Phi) is 7.87. The summed E-state index contributed by atoms with van der Waals surface area (Å²) in [5.74, 6) is 0.578. The van der Waals surface area contributed by atoms with Crippen LogP contribution >= 0.6 is 0 Å². The Morgan fingerprint density at radius 3 is 2.12 bits per heavy atom. The lowest BCUT2D eigenvalue weighted by Crippen LogP contribution is -2.52. The number of carbonyl (C=O) groups is 2. The Balaban J connectivity index is 1.70. The van der Waals surface area contributed by atoms with Crippen molar-refractivity contribution in [3.63, 3.8) is 0 Å². The predicted octanol–water partition coefficient (Wildman–Crippen LogP) is 1.02. The molecule has 1 aliphatic heterocycles. The van der Waals surface area contributed by atoms with Gasteiger partial charge in [-0.15, -0.1) is 0 Å². The molecule has 0 unspecified atom stereocenters.